The van der Waals surface area contributed by atoms with Crippen molar-refractivity contribution in [2.45, 2.75) is 39.5 Å². The molecule has 1 N–H and O–H groups in total. The Kier molecular flexibility index (Phi) is 5.29. The Labute approximate surface area is 96.7 Å². The SMILES string of the molecule is CCNC(=O)C1CCCCC1C(=O)OCC. The zero-order valence-electron chi connectivity index (χ0n) is 10.1. The van der Waals surface area contributed by atoms with Gasteiger partial charge in [-0.2, -0.15) is 0 Å². The first kappa shape index (κ1) is 13.0. The predicted octanol–water partition coefficient (Wildman–Crippen LogP) is 1.49. The van der Waals surface area contributed by atoms with Crippen molar-refractivity contribution in [2.75, 3.05) is 13.2 Å². The normalized spacial score (nSPS) is 24.9. The van der Waals surface area contributed by atoms with Crippen LogP contribution in [0.1, 0.15) is 39.5 Å². The molecule has 0 spiro atoms. The van der Waals surface area contributed by atoms with E-state index in [0.29, 0.717) is 13.2 Å². The second-order valence-corrected chi connectivity index (χ2v) is 4.14. The summed E-state index contributed by atoms with van der Waals surface area (Å²) in [7, 11) is 0. The third-order valence-corrected chi connectivity index (χ3v) is 3.04. The number of nitrogens with one attached hydrogen (secondary N) is 1. The molecule has 1 amide bonds. The minimum Gasteiger partial charge on any atom is -0.466 e. The van der Waals surface area contributed by atoms with Gasteiger partial charge in [0.25, 0.3) is 0 Å². The van der Waals surface area contributed by atoms with Gasteiger partial charge in [0, 0.05) is 6.54 Å². The topological polar surface area (TPSA) is 55.4 Å². The van der Waals surface area contributed by atoms with E-state index in [9.17, 15) is 9.59 Å². The molecule has 0 radical (unpaired) electrons. The maximum atomic E-state index is 11.8. The van der Waals surface area contributed by atoms with Gasteiger partial charge in [-0.05, 0) is 26.7 Å². The minimum absolute atomic E-state index is 0.000234. The summed E-state index contributed by atoms with van der Waals surface area (Å²) in [6, 6.07) is 0. The van der Waals surface area contributed by atoms with Crippen LogP contribution in [0.2, 0.25) is 0 Å². The van der Waals surface area contributed by atoms with Gasteiger partial charge in [0.2, 0.25) is 5.91 Å². The number of hydrogen-bond donors (Lipinski definition) is 1. The zero-order chi connectivity index (χ0) is 12.0. The van der Waals surface area contributed by atoms with E-state index in [1.54, 1.807) is 6.92 Å². The fraction of sp³-hybridized carbons (Fsp3) is 0.833. The Bertz CT molecular complexity index is 227. The second kappa shape index (κ2) is 6.51. The van der Waals surface area contributed by atoms with Crippen molar-refractivity contribution >= 4 is 11.9 Å². The van der Waals surface area contributed by atoms with Gasteiger partial charge in [-0.1, -0.05) is 12.8 Å². The molecule has 1 saturated carbocycles. The van der Waals surface area contributed by atoms with Crippen LogP contribution in [0.5, 0.6) is 0 Å². The zero-order valence-corrected chi connectivity index (χ0v) is 10.1. The predicted molar refractivity (Wildman–Crippen MR) is 60.8 cm³/mol. The molecular weight excluding hydrogens is 206 g/mol. The fourth-order valence-electron chi connectivity index (χ4n) is 2.28. The lowest BCUT2D eigenvalue weighted by Crippen LogP contribution is -2.40. The van der Waals surface area contributed by atoms with E-state index in [1.807, 2.05) is 6.92 Å². The molecule has 1 aliphatic carbocycles. The average Bonchev–Trinajstić information content (AvgIpc) is 2.30. The van der Waals surface area contributed by atoms with Crippen LogP contribution in [0, 0.1) is 11.8 Å². The summed E-state index contributed by atoms with van der Waals surface area (Å²) in [6.45, 7) is 4.68. The average molecular weight is 227 g/mol. The molecule has 0 aliphatic heterocycles. The molecule has 1 rings (SSSR count). The van der Waals surface area contributed by atoms with Crippen molar-refractivity contribution in [3.05, 3.63) is 0 Å². The van der Waals surface area contributed by atoms with Crippen LogP contribution in [0.15, 0.2) is 0 Å². The Morgan fingerprint density at radius 1 is 1.19 bits per heavy atom. The Balaban J connectivity index is 2.63. The molecule has 0 aromatic carbocycles. The van der Waals surface area contributed by atoms with E-state index in [-0.39, 0.29) is 23.7 Å². The third kappa shape index (κ3) is 3.22. The maximum Gasteiger partial charge on any atom is 0.309 e. The summed E-state index contributed by atoms with van der Waals surface area (Å²) in [5.41, 5.74) is 0. The second-order valence-electron chi connectivity index (χ2n) is 4.14. The van der Waals surface area contributed by atoms with E-state index in [4.69, 9.17) is 4.74 Å². The number of carbonyl (C=O) groups excluding carboxylic acids is 2. The lowest BCUT2D eigenvalue weighted by atomic mass is 9.78. The summed E-state index contributed by atoms with van der Waals surface area (Å²) in [4.78, 5) is 23.5. The van der Waals surface area contributed by atoms with Crippen LogP contribution in [0.4, 0.5) is 0 Å². The van der Waals surface area contributed by atoms with Gasteiger partial charge in [0.05, 0.1) is 18.4 Å². The van der Waals surface area contributed by atoms with Gasteiger partial charge >= 0.3 is 5.97 Å². The Morgan fingerprint density at radius 2 is 1.81 bits per heavy atom. The highest BCUT2D eigenvalue weighted by Crippen LogP contribution is 2.31. The molecule has 0 heterocycles. The number of hydrogen-bond acceptors (Lipinski definition) is 3. The van der Waals surface area contributed by atoms with Crippen LogP contribution in [0.25, 0.3) is 0 Å². The van der Waals surface area contributed by atoms with Crippen LogP contribution >= 0.6 is 0 Å². The van der Waals surface area contributed by atoms with E-state index in [0.717, 1.165) is 25.7 Å². The first-order valence-corrected chi connectivity index (χ1v) is 6.15. The summed E-state index contributed by atoms with van der Waals surface area (Å²) in [5, 5.41) is 2.80. The Hall–Kier alpha value is -1.06. The third-order valence-electron chi connectivity index (χ3n) is 3.04. The van der Waals surface area contributed by atoms with E-state index in [1.165, 1.54) is 0 Å². The van der Waals surface area contributed by atoms with Crippen LogP contribution in [-0.2, 0) is 14.3 Å². The number of amides is 1. The summed E-state index contributed by atoms with van der Waals surface area (Å²) >= 11 is 0. The molecule has 0 aromatic heterocycles. The molecule has 1 fully saturated rings. The highest BCUT2D eigenvalue weighted by molar-refractivity contribution is 5.85. The molecular formula is C12H21NO3. The van der Waals surface area contributed by atoms with Crippen molar-refractivity contribution in [1.82, 2.24) is 5.32 Å². The quantitative estimate of drug-likeness (QED) is 0.740. The van der Waals surface area contributed by atoms with Crippen LogP contribution in [0.3, 0.4) is 0 Å². The first-order chi connectivity index (χ1) is 7.70. The fourth-order valence-corrected chi connectivity index (χ4v) is 2.28. The highest BCUT2D eigenvalue weighted by atomic mass is 16.5. The maximum absolute atomic E-state index is 11.8. The van der Waals surface area contributed by atoms with E-state index >= 15 is 0 Å². The number of esters is 1. The molecule has 4 nitrogen and oxygen atoms in total. The summed E-state index contributed by atoms with van der Waals surface area (Å²) < 4.78 is 5.02. The molecule has 2 unspecified atom stereocenters. The monoisotopic (exact) mass is 227 g/mol. The van der Waals surface area contributed by atoms with Gasteiger partial charge in [-0.15, -0.1) is 0 Å². The molecule has 16 heavy (non-hydrogen) atoms. The molecule has 0 bridgehead atoms. The molecule has 92 valence electrons. The van der Waals surface area contributed by atoms with Crippen LogP contribution in [-0.4, -0.2) is 25.0 Å². The first-order valence-electron chi connectivity index (χ1n) is 6.15. The van der Waals surface area contributed by atoms with E-state index < -0.39 is 0 Å². The van der Waals surface area contributed by atoms with Crippen molar-refractivity contribution in [3.63, 3.8) is 0 Å². The molecule has 0 saturated heterocycles. The number of ether oxygens (including phenoxy) is 1. The lowest BCUT2D eigenvalue weighted by molar-refractivity contribution is -0.154. The van der Waals surface area contributed by atoms with Gasteiger partial charge in [-0.3, -0.25) is 9.59 Å². The summed E-state index contributed by atoms with van der Waals surface area (Å²) in [5.74, 6) is -0.633. The van der Waals surface area contributed by atoms with E-state index in [2.05, 4.69) is 5.32 Å². The molecule has 4 heteroatoms. The smallest absolute Gasteiger partial charge is 0.309 e. The standard InChI is InChI=1S/C12H21NO3/c1-3-13-11(14)9-7-5-6-8-10(9)12(15)16-4-2/h9-10H,3-8H2,1-2H3,(H,13,14). The van der Waals surface area contributed by atoms with Gasteiger partial charge in [0.15, 0.2) is 0 Å². The highest BCUT2D eigenvalue weighted by Gasteiger charge is 2.36. The minimum atomic E-state index is -0.236. The summed E-state index contributed by atoms with van der Waals surface area (Å²) in [6.07, 6.45) is 3.62. The van der Waals surface area contributed by atoms with Gasteiger partial charge in [0.1, 0.15) is 0 Å². The Morgan fingerprint density at radius 3 is 2.38 bits per heavy atom. The largest absolute Gasteiger partial charge is 0.466 e. The molecule has 0 aromatic rings. The van der Waals surface area contributed by atoms with Crippen molar-refractivity contribution in [3.8, 4) is 0 Å². The number of carbonyl (C=O) groups is 2. The van der Waals surface area contributed by atoms with Crippen molar-refractivity contribution < 1.29 is 14.3 Å². The van der Waals surface area contributed by atoms with Crippen molar-refractivity contribution in [2.24, 2.45) is 11.8 Å². The number of rotatable bonds is 4. The lowest BCUT2D eigenvalue weighted by Gasteiger charge is -2.28. The van der Waals surface area contributed by atoms with Crippen LogP contribution < -0.4 is 5.32 Å². The molecule has 1 aliphatic rings. The molecule has 2 atom stereocenters. The van der Waals surface area contributed by atoms with Gasteiger partial charge in [-0.25, -0.2) is 0 Å². The van der Waals surface area contributed by atoms with Gasteiger partial charge < -0.3 is 10.1 Å². The van der Waals surface area contributed by atoms with Crippen molar-refractivity contribution in [1.29, 1.82) is 0 Å².